The predicted molar refractivity (Wildman–Crippen MR) is 81.0 cm³/mol. The molecule has 21 heavy (non-hydrogen) atoms. The van der Waals surface area contributed by atoms with Gasteiger partial charge >= 0.3 is 0 Å². The number of aromatic nitrogens is 2. The number of para-hydroxylation sites is 1. The van der Waals surface area contributed by atoms with E-state index in [1.54, 1.807) is 29.8 Å². The summed E-state index contributed by atoms with van der Waals surface area (Å²) in [6.07, 6.45) is 0. The number of benzene rings is 1. The van der Waals surface area contributed by atoms with Gasteiger partial charge < -0.3 is 10.5 Å². The first-order chi connectivity index (χ1) is 10.1. The van der Waals surface area contributed by atoms with Crippen molar-refractivity contribution in [1.29, 1.82) is 0 Å². The first-order valence-corrected chi connectivity index (χ1v) is 6.70. The molecule has 0 aliphatic carbocycles. The standard InChI is InChI=1S/C15H18N4O2/c1-4-19-14(9-10(2)17-19)15(20)16-13-8-6-5-7-12(13)11(3)18-21/h5-9,21H,4H2,1-3H3,(H,16,20). The van der Waals surface area contributed by atoms with E-state index in [4.69, 9.17) is 5.21 Å². The van der Waals surface area contributed by atoms with Crippen LogP contribution in [0.3, 0.4) is 0 Å². The zero-order valence-corrected chi connectivity index (χ0v) is 12.3. The number of anilines is 1. The highest BCUT2D eigenvalue weighted by Gasteiger charge is 2.15. The minimum absolute atomic E-state index is 0.240. The second-order valence-corrected chi connectivity index (χ2v) is 4.67. The number of nitrogens with zero attached hydrogens (tertiary/aromatic N) is 3. The number of hydrogen-bond acceptors (Lipinski definition) is 4. The molecule has 1 amide bonds. The van der Waals surface area contributed by atoms with E-state index in [0.29, 0.717) is 29.2 Å². The molecule has 6 nitrogen and oxygen atoms in total. The molecule has 0 fully saturated rings. The largest absolute Gasteiger partial charge is 0.411 e. The molecule has 2 aromatic rings. The van der Waals surface area contributed by atoms with Crippen molar-refractivity contribution in [1.82, 2.24) is 9.78 Å². The molecule has 0 unspecified atom stereocenters. The lowest BCUT2D eigenvalue weighted by Gasteiger charge is -2.10. The number of aryl methyl sites for hydroxylation is 2. The van der Waals surface area contributed by atoms with Crippen LogP contribution in [0.25, 0.3) is 0 Å². The minimum atomic E-state index is -0.240. The van der Waals surface area contributed by atoms with Gasteiger partial charge in [-0.2, -0.15) is 5.10 Å². The molecule has 110 valence electrons. The van der Waals surface area contributed by atoms with E-state index in [-0.39, 0.29) is 5.91 Å². The van der Waals surface area contributed by atoms with Crippen molar-refractivity contribution in [3.05, 3.63) is 47.3 Å². The van der Waals surface area contributed by atoms with Crippen molar-refractivity contribution >= 4 is 17.3 Å². The van der Waals surface area contributed by atoms with Gasteiger partial charge in [0.05, 0.1) is 17.1 Å². The molecule has 0 aliphatic heterocycles. The van der Waals surface area contributed by atoms with Gasteiger partial charge in [0.1, 0.15) is 5.69 Å². The molecule has 0 radical (unpaired) electrons. The Bertz CT molecular complexity index is 689. The molecule has 0 saturated carbocycles. The predicted octanol–water partition coefficient (Wildman–Crippen LogP) is 2.66. The molecular formula is C15H18N4O2. The van der Waals surface area contributed by atoms with Crippen LogP contribution in [-0.2, 0) is 6.54 Å². The smallest absolute Gasteiger partial charge is 0.273 e. The molecule has 0 aliphatic rings. The highest BCUT2D eigenvalue weighted by molar-refractivity contribution is 6.09. The summed E-state index contributed by atoms with van der Waals surface area (Å²) in [5.41, 5.74) is 3.00. The number of carbonyl (C=O) groups excluding carboxylic acids is 1. The van der Waals surface area contributed by atoms with Crippen LogP contribution in [0.15, 0.2) is 35.5 Å². The molecule has 1 heterocycles. The summed E-state index contributed by atoms with van der Waals surface area (Å²) >= 11 is 0. The zero-order valence-electron chi connectivity index (χ0n) is 12.3. The second kappa shape index (κ2) is 6.21. The van der Waals surface area contributed by atoms with Crippen LogP contribution >= 0.6 is 0 Å². The van der Waals surface area contributed by atoms with Crippen molar-refractivity contribution in [3.8, 4) is 0 Å². The lowest BCUT2D eigenvalue weighted by Crippen LogP contribution is -2.18. The van der Waals surface area contributed by atoms with E-state index in [2.05, 4.69) is 15.6 Å². The Morgan fingerprint density at radius 3 is 2.81 bits per heavy atom. The molecule has 1 aromatic heterocycles. The third-order valence-corrected chi connectivity index (χ3v) is 3.15. The number of nitrogens with one attached hydrogen (secondary N) is 1. The van der Waals surface area contributed by atoms with Crippen molar-refractivity contribution in [2.75, 3.05) is 5.32 Å². The minimum Gasteiger partial charge on any atom is -0.411 e. The number of carbonyl (C=O) groups is 1. The topological polar surface area (TPSA) is 79.5 Å². The molecule has 0 bridgehead atoms. The van der Waals surface area contributed by atoms with Gasteiger partial charge in [-0.05, 0) is 32.9 Å². The summed E-state index contributed by atoms with van der Waals surface area (Å²) in [7, 11) is 0. The van der Waals surface area contributed by atoms with Crippen LogP contribution in [0.1, 0.15) is 35.6 Å². The Hall–Kier alpha value is -2.63. The van der Waals surface area contributed by atoms with Crippen LogP contribution < -0.4 is 5.32 Å². The molecule has 2 rings (SSSR count). The lowest BCUT2D eigenvalue weighted by molar-refractivity contribution is 0.101. The third kappa shape index (κ3) is 3.10. The van der Waals surface area contributed by atoms with Gasteiger partial charge in [-0.3, -0.25) is 9.48 Å². The fourth-order valence-corrected chi connectivity index (χ4v) is 2.12. The lowest BCUT2D eigenvalue weighted by atomic mass is 10.1. The second-order valence-electron chi connectivity index (χ2n) is 4.67. The Morgan fingerprint density at radius 2 is 2.14 bits per heavy atom. The number of oxime groups is 1. The first-order valence-electron chi connectivity index (χ1n) is 6.70. The maximum absolute atomic E-state index is 12.4. The average Bonchev–Trinajstić information content (AvgIpc) is 2.88. The summed E-state index contributed by atoms with van der Waals surface area (Å²) < 4.78 is 1.65. The fourth-order valence-electron chi connectivity index (χ4n) is 2.12. The average molecular weight is 286 g/mol. The Kier molecular flexibility index (Phi) is 4.37. The summed E-state index contributed by atoms with van der Waals surface area (Å²) in [5.74, 6) is -0.240. The normalized spacial score (nSPS) is 11.5. The summed E-state index contributed by atoms with van der Waals surface area (Å²) in [6, 6.07) is 8.93. The van der Waals surface area contributed by atoms with Crippen LogP contribution in [-0.4, -0.2) is 26.6 Å². The molecule has 2 N–H and O–H groups in total. The molecule has 0 atom stereocenters. The van der Waals surface area contributed by atoms with E-state index in [1.807, 2.05) is 26.0 Å². The van der Waals surface area contributed by atoms with Crippen molar-refractivity contribution in [3.63, 3.8) is 0 Å². The van der Waals surface area contributed by atoms with E-state index < -0.39 is 0 Å². The SMILES string of the molecule is CCn1nc(C)cc1C(=O)Nc1ccccc1C(C)=NO. The fraction of sp³-hybridized carbons (Fsp3) is 0.267. The molecule has 0 spiro atoms. The van der Waals surface area contributed by atoms with E-state index >= 15 is 0 Å². The molecule has 1 aromatic carbocycles. The maximum atomic E-state index is 12.4. The van der Waals surface area contributed by atoms with Crippen LogP contribution in [0.5, 0.6) is 0 Å². The van der Waals surface area contributed by atoms with E-state index in [0.717, 1.165) is 5.69 Å². The Balaban J connectivity index is 2.32. The highest BCUT2D eigenvalue weighted by atomic mass is 16.4. The van der Waals surface area contributed by atoms with E-state index in [9.17, 15) is 4.79 Å². The van der Waals surface area contributed by atoms with E-state index in [1.165, 1.54) is 0 Å². The van der Waals surface area contributed by atoms with Crippen molar-refractivity contribution < 1.29 is 10.0 Å². The van der Waals surface area contributed by atoms with Crippen LogP contribution in [0, 0.1) is 6.92 Å². The Morgan fingerprint density at radius 1 is 1.43 bits per heavy atom. The Labute approximate surface area is 123 Å². The first kappa shape index (κ1) is 14.8. The molecule has 0 saturated heterocycles. The van der Waals surface area contributed by atoms with Gasteiger partial charge in [0.2, 0.25) is 0 Å². The van der Waals surface area contributed by atoms with Crippen LogP contribution in [0.4, 0.5) is 5.69 Å². The summed E-state index contributed by atoms with van der Waals surface area (Å²) in [5, 5.41) is 19.2. The number of hydrogen-bond donors (Lipinski definition) is 2. The van der Waals surface area contributed by atoms with Gasteiger partial charge in [-0.25, -0.2) is 0 Å². The van der Waals surface area contributed by atoms with Gasteiger partial charge in [-0.15, -0.1) is 0 Å². The number of rotatable bonds is 4. The molecule has 6 heteroatoms. The maximum Gasteiger partial charge on any atom is 0.273 e. The summed E-state index contributed by atoms with van der Waals surface area (Å²) in [4.78, 5) is 12.4. The van der Waals surface area contributed by atoms with Gasteiger partial charge in [0.15, 0.2) is 0 Å². The van der Waals surface area contributed by atoms with Crippen molar-refractivity contribution in [2.45, 2.75) is 27.3 Å². The molecular weight excluding hydrogens is 268 g/mol. The monoisotopic (exact) mass is 286 g/mol. The quantitative estimate of drug-likeness (QED) is 0.515. The number of amides is 1. The van der Waals surface area contributed by atoms with Crippen LogP contribution in [0.2, 0.25) is 0 Å². The van der Waals surface area contributed by atoms with Gasteiger partial charge in [0, 0.05) is 12.1 Å². The zero-order chi connectivity index (χ0) is 15.4. The third-order valence-electron chi connectivity index (χ3n) is 3.15. The highest BCUT2D eigenvalue weighted by Crippen LogP contribution is 2.17. The summed E-state index contributed by atoms with van der Waals surface area (Å²) in [6.45, 7) is 6.07. The van der Waals surface area contributed by atoms with Gasteiger partial charge in [-0.1, -0.05) is 23.4 Å². The van der Waals surface area contributed by atoms with Crippen molar-refractivity contribution in [2.24, 2.45) is 5.16 Å². The van der Waals surface area contributed by atoms with Gasteiger partial charge in [0.25, 0.3) is 5.91 Å².